The number of hydrogen-bond acceptors (Lipinski definition) is 2. The quantitative estimate of drug-likeness (QED) is 0.737. The van der Waals surface area contributed by atoms with Gasteiger partial charge >= 0.3 is 0 Å². The zero-order chi connectivity index (χ0) is 9.97. The van der Waals surface area contributed by atoms with E-state index in [0.29, 0.717) is 5.06 Å². The van der Waals surface area contributed by atoms with Gasteiger partial charge in [-0.2, -0.15) is 4.39 Å². The molecule has 0 amide bonds. The number of halogens is 2. The molecule has 1 nitrogen and oxygen atoms in total. The molecular weight excluding hydrogens is 206 g/mol. The normalized spacial score (nSPS) is 10.1. The highest BCUT2D eigenvalue weighted by molar-refractivity contribution is 7.11. The fraction of sp³-hybridized carbons (Fsp3) is 0. The number of ether oxygens (including phenoxy) is 1. The molecule has 2 rings (SSSR count). The van der Waals surface area contributed by atoms with Gasteiger partial charge in [0, 0.05) is 11.4 Å². The van der Waals surface area contributed by atoms with Crippen LogP contribution in [-0.2, 0) is 0 Å². The Morgan fingerprint density at radius 1 is 1.29 bits per heavy atom. The van der Waals surface area contributed by atoms with E-state index in [-0.39, 0.29) is 5.75 Å². The van der Waals surface area contributed by atoms with Gasteiger partial charge in [0.2, 0.25) is 5.82 Å². The highest BCUT2D eigenvalue weighted by Gasteiger charge is 2.09. The summed E-state index contributed by atoms with van der Waals surface area (Å²) in [5.41, 5.74) is 0. The Bertz CT molecular complexity index is 426. The molecule has 1 radical (unpaired) electrons. The van der Waals surface area contributed by atoms with Crippen molar-refractivity contribution in [1.29, 1.82) is 0 Å². The molecule has 0 bridgehead atoms. The minimum atomic E-state index is -0.971. The van der Waals surface area contributed by atoms with Crippen LogP contribution in [-0.4, -0.2) is 0 Å². The summed E-state index contributed by atoms with van der Waals surface area (Å²) in [7, 11) is 0. The van der Waals surface area contributed by atoms with E-state index in [1.807, 2.05) is 0 Å². The van der Waals surface area contributed by atoms with Crippen molar-refractivity contribution in [2.75, 3.05) is 0 Å². The zero-order valence-electron chi connectivity index (χ0n) is 6.96. The van der Waals surface area contributed by atoms with E-state index in [0.717, 1.165) is 6.07 Å². The second-order valence-corrected chi connectivity index (χ2v) is 3.39. The van der Waals surface area contributed by atoms with E-state index in [2.05, 4.69) is 6.07 Å². The number of benzene rings is 1. The predicted molar refractivity (Wildman–Crippen MR) is 49.6 cm³/mol. The third-order valence-corrected chi connectivity index (χ3v) is 2.26. The molecule has 4 heteroatoms. The van der Waals surface area contributed by atoms with Crippen LogP contribution >= 0.6 is 11.3 Å². The molecule has 0 fully saturated rings. The molecule has 0 spiro atoms. The smallest absolute Gasteiger partial charge is 0.201 e. The summed E-state index contributed by atoms with van der Waals surface area (Å²) < 4.78 is 30.9. The summed E-state index contributed by atoms with van der Waals surface area (Å²) in [5, 5.41) is 2.15. The summed E-state index contributed by atoms with van der Waals surface area (Å²) in [4.78, 5) is 0. The van der Waals surface area contributed by atoms with Crippen molar-refractivity contribution < 1.29 is 13.5 Å². The molecule has 71 valence electrons. The van der Waals surface area contributed by atoms with E-state index in [4.69, 9.17) is 4.74 Å². The third kappa shape index (κ3) is 1.75. The van der Waals surface area contributed by atoms with Gasteiger partial charge in [0.15, 0.2) is 16.6 Å². The summed E-state index contributed by atoms with van der Waals surface area (Å²) in [6.07, 6.45) is 0. The average Bonchev–Trinajstić information content (AvgIpc) is 2.66. The van der Waals surface area contributed by atoms with Crippen LogP contribution in [0.4, 0.5) is 8.78 Å². The van der Waals surface area contributed by atoms with Crippen LogP contribution in [0.1, 0.15) is 0 Å². The van der Waals surface area contributed by atoms with Gasteiger partial charge < -0.3 is 4.74 Å². The monoisotopic (exact) mass is 211 g/mol. The van der Waals surface area contributed by atoms with Crippen molar-refractivity contribution in [3.05, 3.63) is 47.3 Å². The Labute approximate surface area is 83.6 Å². The fourth-order valence-electron chi connectivity index (χ4n) is 0.953. The van der Waals surface area contributed by atoms with Gasteiger partial charge in [0.1, 0.15) is 0 Å². The van der Waals surface area contributed by atoms with Crippen molar-refractivity contribution in [3.63, 3.8) is 0 Å². The number of rotatable bonds is 2. The fourth-order valence-corrected chi connectivity index (χ4v) is 1.48. The standard InChI is InChI=1S/C10H5F2OS/c11-7-3-1-4-8(10(7)12)13-9-5-2-6-14-9/h1,3-6H. The van der Waals surface area contributed by atoms with Gasteiger partial charge in [-0.1, -0.05) is 6.07 Å². The zero-order valence-corrected chi connectivity index (χ0v) is 7.78. The van der Waals surface area contributed by atoms with Crippen molar-refractivity contribution >= 4 is 11.3 Å². The molecule has 14 heavy (non-hydrogen) atoms. The molecule has 0 aliphatic rings. The molecule has 0 aliphatic heterocycles. The van der Waals surface area contributed by atoms with E-state index in [9.17, 15) is 8.78 Å². The first kappa shape index (κ1) is 9.15. The summed E-state index contributed by atoms with van der Waals surface area (Å²) in [6.45, 7) is 0. The first-order chi connectivity index (χ1) is 6.77. The van der Waals surface area contributed by atoms with Crippen LogP contribution in [0.3, 0.4) is 0 Å². The second kappa shape index (κ2) is 3.75. The van der Waals surface area contributed by atoms with Gasteiger partial charge in [-0.05, 0) is 18.2 Å². The van der Waals surface area contributed by atoms with Gasteiger partial charge in [-0.15, -0.1) is 11.3 Å². The summed E-state index contributed by atoms with van der Waals surface area (Å²) in [5.74, 6) is -2.00. The molecule has 0 aliphatic carbocycles. The summed E-state index contributed by atoms with van der Waals surface area (Å²) >= 11 is 1.27. The maximum absolute atomic E-state index is 13.1. The topological polar surface area (TPSA) is 9.23 Å². The lowest BCUT2D eigenvalue weighted by molar-refractivity contribution is 0.423. The minimum absolute atomic E-state index is 0.110. The Hall–Kier alpha value is -1.42. The molecule has 0 saturated carbocycles. The van der Waals surface area contributed by atoms with Crippen LogP contribution in [0.2, 0.25) is 0 Å². The van der Waals surface area contributed by atoms with Crippen LogP contribution in [0.25, 0.3) is 0 Å². The van der Waals surface area contributed by atoms with Crippen LogP contribution in [0.5, 0.6) is 10.8 Å². The Kier molecular flexibility index (Phi) is 2.45. The van der Waals surface area contributed by atoms with Gasteiger partial charge in [0.05, 0.1) is 0 Å². The van der Waals surface area contributed by atoms with Gasteiger partial charge in [-0.25, -0.2) is 4.39 Å². The lowest BCUT2D eigenvalue weighted by atomic mass is 10.3. The molecule has 1 aromatic heterocycles. The van der Waals surface area contributed by atoms with Crippen LogP contribution in [0.15, 0.2) is 29.6 Å². The predicted octanol–water partition coefficient (Wildman–Crippen LogP) is 3.62. The second-order valence-electron chi connectivity index (χ2n) is 2.52. The lowest BCUT2D eigenvalue weighted by Gasteiger charge is -2.03. The van der Waals surface area contributed by atoms with E-state index >= 15 is 0 Å². The molecule has 0 N–H and O–H groups in total. The average molecular weight is 211 g/mol. The molecule has 0 unspecified atom stereocenters. The Morgan fingerprint density at radius 2 is 2.14 bits per heavy atom. The largest absolute Gasteiger partial charge is 0.443 e. The van der Waals surface area contributed by atoms with Crippen molar-refractivity contribution in [1.82, 2.24) is 0 Å². The first-order valence-corrected chi connectivity index (χ1v) is 4.72. The number of thiophene rings is 1. The third-order valence-electron chi connectivity index (χ3n) is 1.57. The van der Waals surface area contributed by atoms with Crippen molar-refractivity contribution in [2.24, 2.45) is 0 Å². The maximum Gasteiger partial charge on any atom is 0.201 e. The van der Waals surface area contributed by atoms with Crippen molar-refractivity contribution in [3.8, 4) is 10.8 Å². The van der Waals surface area contributed by atoms with Crippen LogP contribution < -0.4 is 4.74 Å². The highest BCUT2D eigenvalue weighted by Crippen LogP contribution is 2.28. The van der Waals surface area contributed by atoms with Crippen LogP contribution in [0, 0.1) is 17.7 Å². The molecule has 0 atom stereocenters. The molecule has 1 heterocycles. The van der Waals surface area contributed by atoms with Gasteiger partial charge in [0.25, 0.3) is 0 Å². The molecule has 2 aromatic rings. The van der Waals surface area contributed by atoms with Gasteiger partial charge in [-0.3, -0.25) is 0 Å². The molecular formula is C10H5F2OS. The Morgan fingerprint density at radius 3 is 2.86 bits per heavy atom. The SMILES string of the molecule is Fc1cccc(Oc2c[c]cs2)c1F. The first-order valence-electron chi connectivity index (χ1n) is 3.84. The molecule has 0 saturated heterocycles. The van der Waals surface area contributed by atoms with Crippen molar-refractivity contribution in [2.45, 2.75) is 0 Å². The Balaban J connectivity index is 2.29. The van der Waals surface area contributed by atoms with E-state index in [1.54, 1.807) is 11.4 Å². The minimum Gasteiger partial charge on any atom is -0.443 e. The number of hydrogen-bond donors (Lipinski definition) is 0. The van der Waals surface area contributed by atoms with E-state index in [1.165, 1.54) is 23.5 Å². The molecule has 1 aromatic carbocycles. The van der Waals surface area contributed by atoms with E-state index < -0.39 is 11.6 Å². The maximum atomic E-state index is 13.1. The lowest BCUT2D eigenvalue weighted by Crippen LogP contribution is -1.89. The summed E-state index contributed by atoms with van der Waals surface area (Å²) in [6, 6.07) is 8.14. The highest BCUT2D eigenvalue weighted by atomic mass is 32.1.